The third kappa shape index (κ3) is 5.18. The zero-order chi connectivity index (χ0) is 23.5. The van der Waals surface area contributed by atoms with Crippen LogP contribution in [0, 0.1) is 13.8 Å². The maximum Gasteiger partial charge on any atom is 0.278 e. The Morgan fingerprint density at radius 1 is 0.938 bits per heavy atom. The predicted octanol–water partition coefficient (Wildman–Crippen LogP) is 5.42. The molecule has 0 saturated carbocycles. The van der Waals surface area contributed by atoms with E-state index in [1.807, 2.05) is 6.92 Å². The number of carbonyl (C=O) groups is 1. The van der Waals surface area contributed by atoms with Crippen molar-refractivity contribution in [1.82, 2.24) is 0 Å². The fraction of sp³-hybridized carbons (Fsp3) is 0.174. The maximum absolute atomic E-state index is 13.4. The van der Waals surface area contributed by atoms with Gasteiger partial charge in [-0.05, 0) is 67.9 Å². The number of nitrogens with zero attached hydrogens (tertiary/aromatic N) is 1. The van der Waals surface area contributed by atoms with Gasteiger partial charge in [-0.25, -0.2) is 8.42 Å². The van der Waals surface area contributed by atoms with Crippen LogP contribution in [0.3, 0.4) is 0 Å². The molecule has 3 aromatic rings. The third-order valence-electron chi connectivity index (χ3n) is 4.65. The zero-order valence-electron chi connectivity index (χ0n) is 17.6. The topological polar surface area (TPSA) is 72.9 Å². The minimum absolute atomic E-state index is 0.0364. The van der Waals surface area contributed by atoms with Gasteiger partial charge < -0.3 is 9.47 Å². The summed E-state index contributed by atoms with van der Waals surface area (Å²) < 4.78 is 38.2. The van der Waals surface area contributed by atoms with Crippen LogP contribution in [-0.4, -0.2) is 28.0 Å². The van der Waals surface area contributed by atoms with Gasteiger partial charge in [-0.1, -0.05) is 40.9 Å². The van der Waals surface area contributed by atoms with Crippen molar-refractivity contribution in [2.45, 2.75) is 18.7 Å². The van der Waals surface area contributed by atoms with Crippen molar-refractivity contribution in [2.24, 2.45) is 0 Å². The SMILES string of the molecule is COc1ccc(N(C(=O)COc2ccc(Cl)c(C)c2)S(=O)(=O)c2ccc(C)cc2)cc1Cl. The molecule has 0 saturated heterocycles. The molecule has 0 N–H and O–H groups in total. The van der Waals surface area contributed by atoms with Crippen LogP contribution in [0.15, 0.2) is 65.6 Å². The average Bonchev–Trinajstić information content (AvgIpc) is 2.75. The lowest BCUT2D eigenvalue weighted by Gasteiger charge is -2.23. The number of hydrogen-bond donors (Lipinski definition) is 0. The molecule has 6 nitrogen and oxygen atoms in total. The molecule has 0 fully saturated rings. The first-order valence-corrected chi connectivity index (χ1v) is 11.7. The highest BCUT2D eigenvalue weighted by Crippen LogP contribution is 2.32. The summed E-state index contributed by atoms with van der Waals surface area (Å²) in [5.41, 5.74) is 1.72. The average molecular weight is 494 g/mol. The largest absolute Gasteiger partial charge is 0.495 e. The Bertz CT molecular complexity index is 1240. The molecule has 0 spiro atoms. The summed E-state index contributed by atoms with van der Waals surface area (Å²) in [5.74, 6) is -0.0523. The van der Waals surface area contributed by atoms with Gasteiger partial charge in [0.15, 0.2) is 6.61 Å². The van der Waals surface area contributed by atoms with E-state index in [2.05, 4.69) is 0 Å². The van der Waals surface area contributed by atoms with E-state index in [-0.39, 0.29) is 15.6 Å². The molecule has 0 unspecified atom stereocenters. The van der Waals surface area contributed by atoms with Crippen LogP contribution in [0.5, 0.6) is 11.5 Å². The fourth-order valence-electron chi connectivity index (χ4n) is 2.92. The highest BCUT2D eigenvalue weighted by Gasteiger charge is 2.32. The number of carbonyl (C=O) groups excluding carboxylic acids is 1. The Balaban J connectivity index is 1.99. The van der Waals surface area contributed by atoms with Crippen molar-refractivity contribution in [3.05, 3.63) is 81.8 Å². The van der Waals surface area contributed by atoms with Crippen LogP contribution >= 0.6 is 23.2 Å². The summed E-state index contributed by atoms with van der Waals surface area (Å²) in [6.45, 7) is 3.12. The van der Waals surface area contributed by atoms with E-state index in [1.165, 1.54) is 37.4 Å². The van der Waals surface area contributed by atoms with Crippen molar-refractivity contribution < 1.29 is 22.7 Å². The van der Waals surface area contributed by atoms with Gasteiger partial charge in [0.05, 0.1) is 22.7 Å². The summed E-state index contributed by atoms with van der Waals surface area (Å²) in [7, 11) is -2.80. The molecule has 3 rings (SSSR count). The van der Waals surface area contributed by atoms with Gasteiger partial charge in [0.1, 0.15) is 11.5 Å². The van der Waals surface area contributed by atoms with Gasteiger partial charge in [0.2, 0.25) is 0 Å². The lowest BCUT2D eigenvalue weighted by atomic mass is 10.2. The van der Waals surface area contributed by atoms with Crippen molar-refractivity contribution in [2.75, 3.05) is 18.0 Å². The van der Waals surface area contributed by atoms with Crippen LogP contribution in [0.2, 0.25) is 10.0 Å². The van der Waals surface area contributed by atoms with Crippen LogP contribution in [-0.2, 0) is 14.8 Å². The summed E-state index contributed by atoms with van der Waals surface area (Å²) in [6, 6.07) is 15.4. The highest BCUT2D eigenvalue weighted by molar-refractivity contribution is 7.93. The first kappa shape index (κ1) is 23.9. The van der Waals surface area contributed by atoms with E-state index < -0.39 is 22.5 Å². The first-order valence-electron chi connectivity index (χ1n) is 9.51. The number of benzene rings is 3. The molecular weight excluding hydrogens is 473 g/mol. The highest BCUT2D eigenvalue weighted by atomic mass is 35.5. The quantitative estimate of drug-likeness (QED) is 0.439. The summed E-state index contributed by atoms with van der Waals surface area (Å²) in [4.78, 5) is 13.1. The number of methoxy groups -OCH3 is 1. The van der Waals surface area contributed by atoms with E-state index in [1.54, 1.807) is 37.3 Å². The number of anilines is 1. The molecule has 0 atom stereocenters. The molecule has 32 heavy (non-hydrogen) atoms. The van der Waals surface area contributed by atoms with E-state index >= 15 is 0 Å². The molecule has 0 aliphatic heterocycles. The van der Waals surface area contributed by atoms with Gasteiger partial charge in [-0.15, -0.1) is 0 Å². The van der Waals surface area contributed by atoms with Crippen LogP contribution < -0.4 is 13.8 Å². The van der Waals surface area contributed by atoms with Gasteiger partial charge in [0.25, 0.3) is 15.9 Å². The monoisotopic (exact) mass is 493 g/mol. The standard InChI is InChI=1S/C23H21Cl2NO5S/c1-15-4-8-19(9-5-15)32(28,29)26(17-6-11-22(30-3)21(25)13-17)23(27)14-31-18-7-10-20(24)16(2)12-18/h4-13H,14H2,1-3H3. The predicted molar refractivity (Wildman–Crippen MR) is 126 cm³/mol. The second-order valence-electron chi connectivity index (χ2n) is 6.99. The fourth-order valence-corrected chi connectivity index (χ4v) is 4.70. The van der Waals surface area contributed by atoms with Crippen LogP contribution in [0.25, 0.3) is 0 Å². The zero-order valence-corrected chi connectivity index (χ0v) is 20.0. The second kappa shape index (κ2) is 9.81. The number of aryl methyl sites for hydroxylation is 2. The van der Waals surface area contributed by atoms with E-state index in [9.17, 15) is 13.2 Å². The molecule has 3 aromatic carbocycles. The molecule has 0 heterocycles. The summed E-state index contributed by atoms with van der Waals surface area (Å²) in [5, 5.41) is 0.719. The van der Waals surface area contributed by atoms with Gasteiger partial charge >= 0.3 is 0 Å². The lowest BCUT2D eigenvalue weighted by molar-refractivity contribution is -0.119. The Kier molecular flexibility index (Phi) is 7.33. The summed E-state index contributed by atoms with van der Waals surface area (Å²) in [6.07, 6.45) is 0. The molecule has 0 bridgehead atoms. The Labute approximate surface area is 197 Å². The maximum atomic E-state index is 13.4. The van der Waals surface area contributed by atoms with Gasteiger partial charge in [0, 0.05) is 5.02 Å². The Morgan fingerprint density at radius 2 is 1.62 bits per heavy atom. The van der Waals surface area contributed by atoms with Crippen molar-refractivity contribution >= 4 is 44.8 Å². The number of sulfonamides is 1. The smallest absolute Gasteiger partial charge is 0.278 e. The van der Waals surface area contributed by atoms with Crippen molar-refractivity contribution in [3.8, 4) is 11.5 Å². The third-order valence-corrected chi connectivity index (χ3v) is 7.13. The number of halogens is 2. The minimum Gasteiger partial charge on any atom is -0.495 e. The Morgan fingerprint density at radius 3 is 2.22 bits per heavy atom. The lowest BCUT2D eigenvalue weighted by Crippen LogP contribution is -2.40. The first-order chi connectivity index (χ1) is 15.1. The number of hydrogen-bond acceptors (Lipinski definition) is 5. The summed E-state index contributed by atoms with van der Waals surface area (Å²) >= 11 is 12.2. The van der Waals surface area contributed by atoms with Gasteiger partial charge in [-0.2, -0.15) is 4.31 Å². The normalized spacial score (nSPS) is 11.2. The molecule has 0 aromatic heterocycles. The van der Waals surface area contributed by atoms with E-state index in [4.69, 9.17) is 32.7 Å². The van der Waals surface area contributed by atoms with Crippen molar-refractivity contribution in [1.29, 1.82) is 0 Å². The molecule has 1 amide bonds. The van der Waals surface area contributed by atoms with Crippen molar-refractivity contribution in [3.63, 3.8) is 0 Å². The number of ether oxygens (including phenoxy) is 2. The van der Waals surface area contributed by atoms with Crippen LogP contribution in [0.1, 0.15) is 11.1 Å². The minimum atomic E-state index is -4.24. The molecule has 0 radical (unpaired) electrons. The van der Waals surface area contributed by atoms with E-state index in [0.29, 0.717) is 20.8 Å². The molecule has 9 heteroatoms. The number of rotatable bonds is 7. The van der Waals surface area contributed by atoms with Gasteiger partial charge in [-0.3, -0.25) is 4.79 Å². The molecule has 168 valence electrons. The molecule has 0 aliphatic rings. The Hall–Kier alpha value is -2.74. The second-order valence-corrected chi connectivity index (χ2v) is 9.60. The number of amides is 1. The van der Waals surface area contributed by atoms with Crippen LogP contribution in [0.4, 0.5) is 5.69 Å². The molecular formula is C23H21Cl2NO5S. The molecule has 0 aliphatic carbocycles. The van der Waals surface area contributed by atoms with E-state index in [0.717, 1.165) is 11.1 Å².